The maximum atomic E-state index is 6.29. The van der Waals surface area contributed by atoms with E-state index in [-0.39, 0.29) is 6.04 Å². The Kier molecular flexibility index (Phi) is 3.46. The first-order valence-electron chi connectivity index (χ1n) is 5.78. The fraction of sp³-hybridized carbons (Fsp3) is 0.571. The van der Waals surface area contributed by atoms with E-state index >= 15 is 0 Å². The molecule has 2 nitrogen and oxygen atoms in total. The molecule has 1 atom stereocenters. The summed E-state index contributed by atoms with van der Waals surface area (Å²) in [7, 11) is 0. The second kappa shape index (κ2) is 4.19. The lowest BCUT2D eigenvalue weighted by Gasteiger charge is -2.31. The van der Waals surface area contributed by atoms with Gasteiger partial charge in [0.05, 0.1) is 0 Å². The molecule has 1 unspecified atom stereocenters. The van der Waals surface area contributed by atoms with Crippen molar-refractivity contribution >= 4 is 0 Å². The lowest BCUT2D eigenvalue weighted by molar-refractivity contribution is 0.417. The highest BCUT2D eigenvalue weighted by Gasteiger charge is 2.26. The molecule has 4 N–H and O–H groups in total. The zero-order chi connectivity index (χ0) is 12.7. The van der Waals surface area contributed by atoms with Crippen LogP contribution in [0.3, 0.4) is 0 Å². The van der Waals surface area contributed by atoms with Gasteiger partial charge in [-0.3, -0.25) is 0 Å². The number of hydrogen-bond acceptors (Lipinski definition) is 2. The molecule has 0 aliphatic carbocycles. The number of nitrogens with two attached hydrogens (primary N) is 2. The number of rotatable bonds is 2. The number of aryl methyl sites for hydroxylation is 2. The van der Waals surface area contributed by atoms with E-state index in [4.69, 9.17) is 11.5 Å². The molecule has 0 amide bonds. The Morgan fingerprint density at radius 2 is 1.38 bits per heavy atom. The van der Waals surface area contributed by atoms with E-state index < -0.39 is 5.54 Å². The first-order chi connectivity index (χ1) is 7.16. The fourth-order valence-electron chi connectivity index (χ4n) is 2.09. The smallest absolute Gasteiger partial charge is 0.0477 e. The van der Waals surface area contributed by atoms with Crippen LogP contribution in [0.25, 0.3) is 0 Å². The van der Waals surface area contributed by atoms with Crippen molar-refractivity contribution in [1.82, 2.24) is 0 Å². The van der Waals surface area contributed by atoms with Gasteiger partial charge in [-0.1, -0.05) is 6.07 Å². The zero-order valence-electron chi connectivity index (χ0n) is 11.3. The van der Waals surface area contributed by atoms with Crippen LogP contribution in [0.4, 0.5) is 0 Å². The van der Waals surface area contributed by atoms with Crippen LogP contribution >= 0.6 is 0 Å². The summed E-state index contributed by atoms with van der Waals surface area (Å²) in [6, 6.07) is 2.09. The van der Waals surface area contributed by atoms with Gasteiger partial charge in [-0.15, -0.1) is 0 Å². The average Bonchev–Trinajstić information content (AvgIpc) is 2.13. The van der Waals surface area contributed by atoms with E-state index in [2.05, 4.69) is 33.8 Å². The molecule has 0 bridgehead atoms. The Morgan fingerprint density at radius 1 is 1.00 bits per heavy atom. The van der Waals surface area contributed by atoms with E-state index in [1.54, 1.807) is 0 Å². The van der Waals surface area contributed by atoms with E-state index in [0.717, 1.165) is 0 Å². The summed E-state index contributed by atoms with van der Waals surface area (Å²) in [5.41, 5.74) is 18.4. The molecule has 0 aliphatic rings. The molecule has 0 heterocycles. The third-order valence-corrected chi connectivity index (χ3v) is 3.54. The van der Waals surface area contributed by atoms with Crippen molar-refractivity contribution in [3.8, 4) is 0 Å². The topological polar surface area (TPSA) is 52.0 Å². The van der Waals surface area contributed by atoms with Gasteiger partial charge in [-0.25, -0.2) is 0 Å². The predicted molar refractivity (Wildman–Crippen MR) is 70.6 cm³/mol. The summed E-state index contributed by atoms with van der Waals surface area (Å²) in [5.74, 6) is 0. The Hall–Kier alpha value is -0.860. The molecule has 16 heavy (non-hydrogen) atoms. The molecular formula is C14H24N2. The van der Waals surface area contributed by atoms with Gasteiger partial charge in [-0.05, 0) is 69.4 Å². The third kappa shape index (κ3) is 2.28. The van der Waals surface area contributed by atoms with Crippen molar-refractivity contribution in [2.24, 2.45) is 11.5 Å². The second-order valence-corrected chi connectivity index (χ2v) is 5.47. The molecule has 1 rings (SSSR count). The molecule has 0 aliphatic heterocycles. The maximum Gasteiger partial charge on any atom is 0.0477 e. The molecule has 0 aromatic heterocycles. The van der Waals surface area contributed by atoms with E-state index in [1.165, 1.54) is 27.8 Å². The van der Waals surface area contributed by atoms with E-state index in [1.807, 2.05) is 13.8 Å². The summed E-state index contributed by atoms with van der Waals surface area (Å²) in [6.45, 7) is 12.5. The molecular weight excluding hydrogens is 196 g/mol. The Labute approximate surface area is 99.0 Å². The van der Waals surface area contributed by atoms with Gasteiger partial charge in [0.15, 0.2) is 0 Å². The standard InChI is InChI=1S/C14H24N2/c1-8-7-9(2)11(4)12(10(8)3)13(15)14(5,6)16/h7,13H,15-16H2,1-6H3. The van der Waals surface area contributed by atoms with Crippen LogP contribution in [0.15, 0.2) is 6.07 Å². The third-order valence-electron chi connectivity index (χ3n) is 3.54. The first-order valence-corrected chi connectivity index (χ1v) is 5.78. The lowest BCUT2D eigenvalue weighted by atomic mass is 9.82. The van der Waals surface area contributed by atoms with Crippen LogP contribution in [0, 0.1) is 27.7 Å². The van der Waals surface area contributed by atoms with Crippen LogP contribution in [0.2, 0.25) is 0 Å². The Bertz CT molecular complexity index is 374. The molecule has 1 aromatic rings. The number of benzene rings is 1. The highest BCUT2D eigenvalue weighted by atomic mass is 14.8. The summed E-state index contributed by atoms with van der Waals surface area (Å²) in [6.07, 6.45) is 0. The zero-order valence-corrected chi connectivity index (χ0v) is 11.3. The molecule has 0 fully saturated rings. The number of hydrogen-bond donors (Lipinski definition) is 2. The van der Waals surface area contributed by atoms with Crippen molar-refractivity contribution in [2.45, 2.75) is 53.1 Å². The predicted octanol–water partition coefficient (Wildman–Crippen LogP) is 2.66. The van der Waals surface area contributed by atoms with Gasteiger partial charge in [0.2, 0.25) is 0 Å². The first kappa shape index (κ1) is 13.2. The molecule has 0 spiro atoms. The normalized spacial score (nSPS) is 14.0. The van der Waals surface area contributed by atoms with Gasteiger partial charge >= 0.3 is 0 Å². The van der Waals surface area contributed by atoms with Gasteiger partial charge < -0.3 is 11.5 Å². The minimum absolute atomic E-state index is 0.119. The highest BCUT2D eigenvalue weighted by molar-refractivity contribution is 5.46. The Morgan fingerprint density at radius 3 is 1.69 bits per heavy atom. The molecule has 0 saturated heterocycles. The van der Waals surface area contributed by atoms with Crippen LogP contribution in [-0.4, -0.2) is 5.54 Å². The van der Waals surface area contributed by atoms with E-state index in [0.29, 0.717) is 0 Å². The van der Waals surface area contributed by atoms with Crippen molar-refractivity contribution in [3.63, 3.8) is 0 Å². The second-order valence-electron chi connectivity index (χ2n) is 5.47. The molecule has 1 aromatic carbocycles. The van der Waals surface area contributed by atoms with Gasteiger partial charge in [0.25, 0.3) is 0 Å². The fourth-order valence-corrected chi connectivity index (χ4v) is 2.09. The van der Waals surface area contributed by atoms with Crippen LogP contribution in [-0.2, 0) is 0 Å². The molecule has 2 heteroatoms. The van der Waals surface area contributed by atoms with Crippen molar-refractivity contribution < 1.29 is 0 Å². The van der Waals surface area contributed by atoms with E-state index in [9.17, 15) is 0 Å². The average molecular weight is 220 g/mol. The summed E-state index contributed by atoms with van der Waals surface area (Å²) < 4.78 is 0. The molecule has 0 radical (unpaired) electrons. The van der Waals surface area contributed by atoms with Gasteiger partial charge in [0, 0.05) is 11.6 Å². The molecule has 0 saturated carbocycles. The van der Waals surface area contributed by atoms with Gasteiger partial charge in [0.1, 0.15) is 0 Å². The van der Waals surface area contributed by atoms with Crippen LogP contribution < -0.4 is 11.5 Å². The highest BCUT2D eigenvalue weighted by Crippen LogP contribution is 2.30. The monoisotopic (exact) mass is 220 g/mol. The lowest BCUT2D eigenvalue weighted by Crippen LogP contribution is -2.44. The minimum atomic E-state index is -0.393. The van der Waals surface area contributed by atoms with Crippen LogP contribution in [0.1, 0.15) is 47.7 Å². The summed E-state index contributed by atoms with van der Waals surface area (Å²) >= 11 is 0. The van der Waals surface area contributed by atoms with Crippen LogP contribution in [0.5, 0.6) is 0 Å². The quantitative estimate of drug-likeness (QED) is 0.805. The molecule has 90 valence electrons. The Balaban J connectivity index is 3.44. The summed E-state index contributed by atoms with van der Waals surface area (Å²) in [5, 5.41) is 0. The van der Waals surface area contributed by atoms with Gasteiger partial charge in [-0.2, -0.15) is 0 Å². The van der Waals surface area contributed by atoms with Crippen molar-refractivity contribution in [3.05, 3.63) is 33.9 Å². The largest absolute Gasteiger partial charge is 0.324 e. The van der Waals surface area contributed by atoms with Crippen molar-refractivity contribution in [2.75, 3.05) is 0 Å². The van der Waals surface area contributed by atoms with Crippen molar-refractivity contribution in [1.29, 1.82) is 0 Å². The summed E-state index contributed by atoms with van der Waals surface area (Å²) in [4.78, 5) is 0. The maximum absolute atomic E-state index is 6.29. The minimum Gasteiger partial charge on any atom is -0.324 e. The SMILES string of the molecule is Cc1cc(C)c(C)c(C(N)C(C)(C)N)c1C.